The lowest BCUT2D eigenvalue weighted by molar-refractivity contribution is 0.769. The number of aromatic nitrogens is 3. The van der Waals surface area contributed by atoms with Gasteiger partial charge in [-0.15, -0.1) is 0 Å². The molecule has 0 radical (unpaired) electrons. The van der Waals surface area contributed by atoms with Crippen molar-refractivity contribution in [2.45, 2.75) is 5.41 Å². The van der Waals surface area contributed by atoms with Gasteiger partial charge in [0.25, 0.3) is 0 Å². The smallest absolute Gasteiger partial charge is 0.187 e. The van der Waals surface area contributed by atoms with Gasteiger partial charge in [0.1, 0.15) is 0 Å². The average molecular weight is 651 g/mol. The maximum atomic E-state index is 7.77. The third kappa shape index (κ3) is 5.12. The minimum absolute atomic E-state index is 0.545. The summed E-state index contributed by atoms with van der Waals surface area (Å²) in [6.45, 7) is 7.77. The molecule has 1 aromatic heterocycles. The van der Waals surface area contributed by atoms with Crippen molar-refractivity contribution in [1.29, 1.82) is 0 Å². The molecule has 0 fully saturated rings. The summed E-state index contributed by atoms with van der Waals surface area (Å²) in [4.78, 5) is 18.5. The van der Waals surface area contributed by atoms with Crippen molar-refractivity contribution in [2.75, 3.05) is 0 Å². The quantitative estimate of drug-likeness (QED) is 0.168. The van der Waals surface area contributed by atoms with Gasteiger partial charge in [0.15, 0.2) is 23.2 Å². The van der Waals surface area contributed by atoms with Crippen molar-refractivity contribution >= 4 is 5.69 Å². The largest absolute Gasteiger partial charge is 0.238 e. The Morgan fingerprint density at radius 1 is 0.373 bits per heavy atom. The van der Waals surface area contributed by atoms with Crippen LogP contribution in [0.3, 0.4) is 0 Å². The van der Waals surface area contributed by atoms with E-state index in [1.165, 1.54) is 22.3 Å². The normalized spacial score (nSPS) is 12.5. The second-order valence-corrected chi connectivity index (χ2v) is 12.7. The van der Waals surface area contributed by atoms with Crippen molar-refractivity contribution in [3.05, 3.63) is 216 Å². The first-order valence-corrected chi connectivity index (χ1v) is 17.0. The zero-order valence-electron chi connectivity index (χ0n) is 27.6. The molecule has 51 heavy (non-hydrogen) atoms. The molecule has 1 aliphatic rings. The van der Waals surface area contributed by atoms with Crippen LogP contribution in [0, 0.1) is 6.57 Å². The Morgan fingerprint density at radius 2 is 0.824 bits per heavy atom. The SMILES string of the molecule is [C-]#[N+]c1ccc2c(c1)-c1ccc(-c3ccc(-c4nc(-c5ccccc5)nc(-c5ccccc5)n4)cc3)cc1C2(c1ccccc1)c1ccccc1. The molecule has 0 saturated heterocycles. The molecule has 1 heterocycles. The number of hydrogen-bond acceptors (Lipinski definition) is 3. The molecular formula is C47H30N4. The molecule has 8 aromatic rings. The highest BCUT2D eigenvalue weighted by Gasteiger charge is 2.46. The van der Waals surface area contributed by atoms with E-state index >= 15 is 0 Å². The molecule has 0 atom stereocenters. The maximum Gasteiger partial charge on any atom is 0.187 e. The molecule has 4 nitrogen and oxygen atoms in total. The molecule has 238 valence electrons. The van der Waals surface area contributed by atoms with Crippen LogP contribution in [0.15, 0.2) is 182 Å². The molecule has 0 unspecified atom stereocenters. The van der Waals surface area contributed by atoms with E-state index in [2.05, 4.69) is 114 Å². The summed E-state index contributed by atoms with van der Waals surface area (Å²) >= 11 is 0. The fourth-order valence-electron chi connectivity index (χ4n) is 7.48. The van der Waals surface area contributed by atoms with E-state index in [4.69, 9.17) is 21.5 Å². The van der Waals surface area contributed by atoms with Crippen LogP contribution in [-0.4, -0.2) is 15.0 Å². The van der Waals surface area contributed by atoms with Crippen LogP contribution in [0.4, 0.5) is 5.69 Å². The van der Waals surface area contributed by atoms with Gasteiger partial charge in [-0.05, 0) is 56.6 Å². The average Bonchev–Trinajstić information content (AvgIpc) is 3.51. The Labute approximate surface area is 297 Å². The van der Waals surface area contributed by atoms with Crippen LogP contribution in [0.25, 0.3) is 61.3 Å². The highest BCUT2D eigenvalue weighted by Crippen LogP contribution is 2.57. The van der Waals surface area contributed by atoms with Crippen LogP contribution >= 0.6 is 0 Å². The van der Waals surface area contributed by atoms with Gasteiger partial charge in [0.05, 0.1) is 12.0 Å². The fourth-order valence-corrected chi connectivity index (χ4v) is 7.48. The highest BCUT2D eigenvalue weighted by atomic mass is 15.0. The van der Waals surface area contributed by atoms with Crippen LogP contribution in [0.1, 0.15) is 22.3 Å². The van der Waals surface area contributed by atoms with Crippen molar-refractivity contribution < 1.29 is 0 Å². The molecule has 9 rings (SSSR count). The first-order valence-electron chi connectivity index (χ1n) is 17.0. The number of benzene rings is 7. The van der Waals surface area contributed by atoms with Crippen LogP contribution < -0.4 is 0 Å². The van der Waals surface area contributed by atoms with Crippen molar-refractivity contribution in [3.63, 3.8) is 0 Å². The third-order valence-corrected chi connectivity index (χ3v) is 9.84. The topological polar surface area (TPSA) is 43.0 Å². The molecule has 7 aromatic carbocycles. The lowest BCUT2D eigenvalue weighted by Crippen LogP contribution is -2.28. The van der Waals surface area contributed by atoms with E-state index in [0.29, 0.717) is 23.2 Å². The molecule has 4 heteroatoms. The molecule has 0 bridgehead atoms. The van der Waals surface area contributed by atoms with Crippen LogP contribution in [0.5, 0.6) is 0 Å². The standard InChI is InChI=1S/C47H30N4/c1-48-39-27-29-42-41(31-39)40-28-26-36(30-43(40)47(42,37-18-10-4-11-19-37)38-20-12-5-13-21-38)32-22-24-35(25-23-32)46-50-44(33-14-6-2-7-15-33)49-45(51-46)34-16-8-3-9-17-34/h2-31H. The summed E-state index contributed by atoms with van der Waals surface area (Å²) in [7, 11) is 0. The summed E-state index contributed by atoms with van der Waals surface area (Å²) in [6.07, 6.45) is 0. The number of nitrogens with zero attached hydrogens (tertiary/aromatic N) is 4. The van der Waals surface area contributed by atoms with Crippen molar-refractivity contribution in [1.82, 2.24) is 15.0 Å². The zero-order valence-corrected chi connectivity index (χ0v) is 27.6. The van der Waals surface area contributed by atoms with Crippen LogP contribution in [0.2, 0.25) is 0 Å². The summed E-state index contributed by atoms with van der Waals surface area (Å²) in [5.74, 6) is 1.91. The Hall–Kier alpha value is -6.96. The molecule has 1 aliphatic carbocycles. The molecule has 0 aliphatic heterocycles. The highest BCUT2D eigenvalue weighted by molar-refractivity contribution is 5.90. The van der Waals surface area contributed by atoms with E-state index in [1.54, 1.807) is 0 Å². The monoisotopic (exact) mass is 650 g/mol. The first kappa shape index (κ1) is 30.1. The predicted molar refractivity (Wildman–Crippen MR) is 205 cm³/mol. The number of hydrogen-bond donors (Lipinski definition) is 0. The van der Waals surface area contributed by atoms with Gasteiger partial charge in [-0.3, -0.25) is 0 Å². The number of rotatable bonds is 6. The molecular weight excluding hydrogens is 621 g/mol. The Kier molecular flexibility index (Phi) is 7.38. The molecule has 0 spiro atoms. The third-order valence-electron chi connectivity index (χ3n) is 9.84. The Bertz CT molecular complexity index is 2460. The van der Waals surface area contributed by atoms with Crippen molar-refractivity contribution in [3.8, 4) is 56.4 Å². The van der Waals surface area contributed by atoms with Gasteiger partial charge < -0.3 is 0 Å². The van der Waals surface area contributed by atoms with Crippen molar-refractivity contribution in [2.24, 2.45) is 0 Å². The van der Waals surface area contributed by atoms with Gasteiger partial charge in [-0.25, -0.2) is 19.8 Å². The lowest BCUT2D eigenvalue weighted by atomic mass is 9.67. The van der Waals surface area contributed by atoms with E-state index in [-0.39, 0.29) is 0 Å². The van der Waals surface area contributed by atoms with E-state index < -0.39 is 5.41 Å². The Balaban J connectivity index is 1.18. The summed E-state index contributed by atoms with van der Waals surface area (Å²) in [5.41, 5.74) is 12.1. The summed E-state index contributed by atoms with van der Waals surface area (Å²) in [6, 6.07) is 62.9. The van der Waals surface area contributed by atoms with Gasteiger partial charge in [-0.1, -0.05) is 170 Å². The lowest BCUT2D eigenvalue weighted by Gasteiger charge is -2.34. The molecule has 0 N–H and O–H groups in total. The second kappa shape index (κ2) is 12.5. The van der Waals surface area contributed by atoms with Gasteiger partial charge in [-0.2, -0.15) is 0 Å². The molecule has 0 saturated carbocycles. The summed E-state index contributed by atoms with van der Waals surface area (Å²) in [5, 5.41) is 0. The fraction of sp³-hybridized carbons (Fsp3) is 0.0213. The van der Waals surface area contributed by atoms with Gasteiger partial charge >= 0.3 is 0 Å². The minimum atomic E-state index is -0.545. The minimum Gasteiger partial charge on any atom is -0.238 e. The van der Waals surface area contributed by atoms with Crippen LogP contribution in [-0.2, 0) is 5.41 Å². The number of fused-ring (bicyclic) bond motifs is 3. The molecule has 0 amide bonds. The van der Waals surface area contributed by atoms with E-state index in [0.717, 1.165) is 38.9 Å². The van der Waals surface area contributed by atoms with E-state index in [9.17, 15) is 0 Å². The first-order chi connectivity index (χ1) is 25.2. The second-order valence-electron chi connectivity index (χ2n) is 12.7. The zero-order chi connectivity index (χ0) is 34.2. The predicted octanol–water partition coefficient (Wildman–Crippen LogP) is 11.5. The maximum absolute atomic E-state index is 7.77. The Morgan fingerprint density at radius 3 is 1.33 bits per heavy atom. The van der Waals surface area contributed by atoms with Gasteiger partial charge in [0, 0.05) is 16.7 Å². The van der Waals surface area contributed by atoms with Gasteiger partial charge in [0.2, 0.25) is 0 Å². The summed E-state index contributed by atoms with van der Waals surface area (Å²) < 4.78 is 0. The van der Waals surface area contributed by atoms with E-state index in [1.807, 2.05) is 72.8 Å².